The molecule has 0 amide bonds. The summed E-state index contributed by atoms with van der Waals surface area (Å²) in [6.45, 7) is 1.64. The van der Waals surface area contributed by atoms with Crippen LogP contribution in [0.5, 0.6) is 11.5 Å². The van der Waals surface area contributed by atoms with Crippen LogP contribution in [0.25, 0.3) is 27.8 Å². The molecule has 9 nitrogen and oxygen atoms in total. The van der Waals surface area contributed by atoms with Crippen molar-refractivity contribution in [2.24, 2.45) is 0 Å². The van der Waals surface area contributed by atoms with Gasteiger partial charge in [-0.05, 0) is 24.3 Å². The van der Waals surface area contributed by atoms with E-state index in [4.69, 9.17) is 9.47 Å². The summed E-state index contributed by atoms with van der Waals surface area (Å²) in [5, 5.41) is 11.4. The van der Waals surface area contributed by atoms with E-state index in [0.29, 0.717) is 25.7 Å². The third kappa shape index (κ3) is 2.79. The number of H-pyrrole nitrogens is 1. The van der Waals surface area contributed by atoms with Gasteiger partial charge in [0.2, 0.25) is 5.95 Å². The van der Waals surface area contributed by atoms with Crippen molar-refractivity contribution in [3.05, 3.63) is 60.7 Å². The topological polar surface area (TPSA) is 103 Å². The molecule has 0 spiro atoms. The van der Waals surface area contributed by atoms with E-state index in [1.807, 2.05) is 41.0 Å². The number of para-hydroxylation sites is 1. The molecule has 3 aromatic heterocycles. The number of ether oxygens (including phenoxy) is 2. The molecule has 9 heteroatoms. The molecule has 5 aromatic rings. The summed E-state index contributed by atoms with van der Waals surface area (Å²) in [6.07, 6.45) is 5.27. The van der Waals surface area contributed by atoms with Crippen molar-refractivity contribution in [1.82, 2.24) is 29.7 Å². The van der Waals surface area contributed by atoms with Crippen LogP contribution < -0.4 is 14.8 Å². The summed E-state index contributed by atoms with van der Waals surface area (Å²) in [6, 6.07) is 11.9. The minimum absolute atomic E-state index is 0.515. The van der Waals surface area contributed by atoms with E-state index < -0.39 is 0 Å². The Hall–Kier alpha value is -4.14. The fourth-order valence-corrected chi connectivity index (χ4v) is 3.61. The Morgan fingerprint density at radius 3 is 3.03 bits per heavy atom. The lowest BCUT2D eigenvalue weighted by Crippen LogP contribution is -2.17. The third-order valence-corrected chi connectivity index (χ3v) is 5.08. The van der Waals surface area contributed by atoms with Gasteiger partial charge in [0.05, 0.1) is 23.6 Å². The largest absolute Gasteiger partial charge is 0.486 e. The van der Waals surface area contributed by atoms with Gasteiger partial charge in [0.1, 0.15) is 25.1 Å². The molecule has 0 bridgehead atoms. The molecule has 148 valence electrons. The van der Waals surface area contributed by atoms with E-state index in [0.717, 1.165) is 44.8 Å². The van der Waals surface area contributed by atoms with Crippen LogP contribution in [-0.2, 0) is 6.54 Å². The number of hydrogen-bond acceptors (Lipinski definition) is 7. The highest BCUT2D eigenvalue weighted by molar-refractivity contribution is 5.81. The lowest BCUT2D eigenvalue weighted by atomic mass is 10.1. The second kappa shape index (κ2) is 6.73. The van der Waals surface area contributed by atoms with Crippen LogP contribution in [0, 0.1) is 0 Å². The van der Waals surface area contributed by atoms with E-state index in [9.17, 15) is 0 Å². The Bertz CT molecular complexity index is 1370. The van der Waals surface area contributed by atoms with Gasteiger partial charge in [-0.2, -0.15) is 10.1 Å². The average molecular weight is 399 g/mol. The van der Waals surface area contributed by atoms with Crippen LogP contribution in [-0.4, -0.2) is 42.9 Å². The standard InChI is InChI=1S/C21H17N7O2/c1-2-14(19-18(3-1)29-6-7-30-19)9-22-21-23-11-17-20(26-21)28(12-24-17)15-5-4-13-10-25-27-16(13)8-15/h1-5,8,10-12H,6-7,9H2,(H,25,27)(H,22,23,26). The molecule has 6 rings (SSSR count). The normalized spacial score (nSPS) is 13.1. The molecule has 0 unspecified atom stereocenters. The molecule has 30 heavy (non-hydrogen) atoms. The van der Waals surface area contributed by atoms with Gasteiger partial charge in [0, 0.05) is 17.5 Å². The molecule has 0 saturated heterocycles. The fourth-order valence-electron chi connectivity index (χ4n) is 3.61. The SMILES string of the molecule is c1cc(CNc2ncc3ncn(-c4ccc5cn[nH]c5c4)c3n2)c2c(c1)OCCO2. The molecule has 2 aromatic carbocycles. The van der Waals surface area contributed by atoms with Crippen LogP contribution in [0.1, 0.15) is 5.56 Å². The Morgan fingerprint density at radius 1 is 1.07 bits per heavy atom. The summed E-state index contributed by atoms with van der Waals surface area (Å²) < 4.78 is 13.4. The van der Waals surface area contributed by atoms with E-state index in [1.165, 1.54) is 0 Å². The Kier molecular flexibility index (Phi) is 3.76. The number of nitrogens with zero attached hydrogens (tertiary/aromatic N) is 5. The van der Waals surface area contributed by atoms with E-state index in [2.05, 4.69) is 30.5 Å². The number of aromatic nitrogens is 6. The van der Waals surface area contributed by atoms with Crippen LogP contribution in [0.2, 0.25) is 0 Å². The second-order valence-electron chi connectivity index (χ2n) is 6.95. The second-order valence-corrected chi connectivity index (χ2v) is 6.95. The van der Waals surface area contributed by atoms with Gasteiger partial charge in [-0.1, -0.05) is 12.1 Å². The van der Waals surface area contributed by atoms with Gasteiger partial charge in [-0.25, -0.2) is 9.97 Å². The van der Waals surface area contributed by atoms with Crippen molar-refractivity contribution < 1.29 is 9.47 Å². The number of aromatic amines is 1. The zero-order valence-electron chi connectivity index (χ0n) is 15.9. The Balaban J connectivity index is 1.32. The van der Waals surface area contributed by atoms with Crippen molar-refractivity contribution in [2.45, 2.75) is 6.54 Å². The minimum Gasteiger partial charge on any atom is -0.486 e. The van der Waals surface area contributed by atoms with Crippen molar-refractivity contribution in [1.29, 1.82) is 0 Å². The maximum atomic E-state index is 5.78. The predicted octanol–water partition coefficient (Wildman–Crippen LogP) is 3.08. The highest BCUT2D eigenvalue weighted by atomic mass is 16.6. The van der Waals surface area contributed by atoms with Gasteiger partial charge < -0.3 is 14.8 Å². The molecule has 1 aliphatic heterocycles. The van der Waals surface area contributed by atoms with Crippen molar-refractivity contribution >= 4 is 28.0 Å². The number of hydrogen-bond donors (Lipinski definition) is 2. The molecular formula is C21H17N7O2. The maximum Gasteiger partial charge on any atom is 0.225 e. The summed E-state index contributed by atoms with van der Waals surface area (Å²) in [5.41, 5.74) is 4.34. The first kappa shape index (κ1) is 16.8. The number of fused-ring (bicyclic) bond motifs is 3. The summed E-state index contributed by atoms with van der Waals surface area (Å²) in [7, 11) is 0. The maximum absolute atomic E-state index is 5.78. The van der Waals surface area contributed by atoms with E-state index in [-0.39, 0.29) is 0 Å². The van der Waals surface area contributed by atoms with Crippen molar-refractivity contribution in [3.63, 3.8) is 0 Å². The van der Waals surface area contributed by atoms with Crippen LogP contribution in [0.3, 0.4) is 0 Å². The highest BCUT2D eigenvalue weighted by Crippen LogP contribution is 2.33. The number of benzene rings is 2. The summed E-state index contributed by atoms with van der Waals surface area (Å²) in [5.74, 6) is 2.06. The molecule has 0 fully saturated rings. The number of imidazole rings is 1. The molecule has 0 saturated carbocycles. The number of nitrogens with one attached hydrogen (secondary N) is 2. The molecular weight excluding hydrogens is 382 g/mol. The fraction of sp³-hybridized carbons (Fsp3) is 0.143. The first-order chi connectivity index (χ1) is 14.8. The molecule has 2 N–H and O–H groups in total. The first-order valence-electron chi connectivity index (χ1n) is 9.60. The monoisotopic (exact) mass is 399 g/mol. The van der Waals surface area contributed by atoms with E-state index >= 15 is 0 Å². The highest BCUT2D eigenvalue weighted by Gasteiger charge is 2.16. The quantitative estimate of drug-likeness (QED) is 0.479. The third-order valence-electron chi connectivity index (χ3n) is 5.08. The zero-order valence-corrected chi connectivity index (χ0v) is 15.9. The zero-order chi connectivity index (χ0) is 19.9. The summed E-state index contributed by atoms with van der Waals surface area (Å²) >= 11 is 0. The average Bonchev–Trinajstić information content (AvgIpc) is 3.43. The van der Waals surface area contributed by atoms with E-state index in [1.54, 1.807) is 18.7 Å². The minimum atomic E-state index is 0.515. The van der Waals surface area contributed by atoms with Crippen LogP contribution in [0.15, 0.2) is 55.1 Å². The summed E-state index contributed by atoms with van der Waals surface area (Å²) in [4.78, 5) is 13.5. The molecule has 0 aliphatic carbocycles. The molecule has 0 atom stereocenters. The lowest BCUT2D eigenvalue weighted by Gasteiger charge is -2.21. The van der Waals surface area contributed by atoms with Crippen LogP contribution in [0.4, 0.5) is 5.95 Å². The van der Waals surface area contributed by atoms with Gasteiger partial charge >= 0.3 is 0 Å². The smallest absolute Gasteiger partial charge is 0.225 e. The van der Waals surface area contributed by atoms with Gasteiger partial charge in [-0.3, -0.25) is 9.67 Å². The van der Waals surface area contributed by atoms with Crippen molar-refractivity contribution in [2.75, 3.05) is 18.5 Å². The predicted molar refractivity (Wildman–Crippen MR) is 111 cm³/mol. The number of rotatable bonds is 4. The Labute approximate surface area is 170 Å². The van der Waals surface area contributed by atoms with Gasteiger partial charge in [-0.15, -0.1) is 0 Å². The first-order valence-corrected chi connectivity index (χ1v) is 9.60. The lowest BCUT2D eigenvalue weighted by molar-refractivity contribution is 0.170. The van der Waals surface area contributed by atoms with Crippen molar-refractivity contribution in [3.8, 4) is 17.2 Å². The Morgan fingerprint density at radius 2 is 2.03 bits per heavy atom. The number of anilines is 1. The van der Waals surface area contributed by atoms with Gasteiger partial charge in [0.25, 0.3) is 0 Å². The molecule has 0 radical (unpaired) electrons. The van der Waals surface area contributed by atoms with Gasteiger partial charge in [0.15, 0.2) is 17.1 Å². The molecule has 1 aliphatic rings. The van der Waals surface area contributed by atoms with Crippen LogP contribution >= 0.6 is 0 Å². The molecule has 4 heterocycles.